The highest BCUT2D eigenvalue weighted by molar-refractivity contribution is 6.01. The van der Waals surface area contributed by atoms with Crippen molar-refractivity contribution >= 4 is 11.4 Å². The van der Waals surface area contributed by atoms with E-state index in [9.17, 15) is 20.8 Å². The lowest BCUT2D eigenvalue weighted by Gasteiger charge is -2.19. The predicted molar refractivity (Wildman–Crippen MR) is 121 cm³/mol. The smallest absolute Gasteiger partial charge is 0.0887 e. The van der Waals surface area contributed by atoms with Gasteiger partial charge in [0.2, 0.25) is 0 Å². The van der Waals surface area contributed by atoms with E-state index in [0.29, 0.717) is 11.4 Å². The summed E-state index contributed by atoms with van der Waals surface area (Å²) in [6, 6.07) is 24.7. The molecule has 0 aromatic heterocycles. The Morgan fingerprint density at radius 2 is 0.938 bits per heavy atom. The summed E-state index contributed by atoms with van der Waals surface area (Å²) in [5.74, 6) is 0. The summed E-state index contributed by atoms with van der Waals surface area (Å²) in [7, 11) is 0. The Hall–Kier alpha value is -3.56. The van der Waals surface area contributed by atoms with E-state index in [1.807, 2.05) is 84.9 Å². The fourth-order valence-corrected chi connectivity index (χ4v) is 3.52. The van der Waals surface area contributed by atoms with Gasteiger partial charge >= 0.3 is 0 Å². The Bertz CT molecular complexity index is 940. The lowest BCUT2D eigenvalue weighted by atomic mass is 9.94. The van der Waals surface area contributed by atoms with E-state index in [1.54, 1.807) is 0 Å². The Balaban J connectivity index is 1.74. The van der Waals surface area contributed by atoms with E-state index < -0.39 is 12.1 Å². The van der Waals surface area contributed by atoms with Gasteiger partial charge in [-0.3, -0.25) is 0 Å². The molecule has 3 aromatic carbocycles. The SMILES string of the molecule is O/N=C(\CC(NO)c1ccc(C(C/C(=N\O)c2ccccc2)NO)cc1)c1ccccc1. The Labute approximate surface area is 186 Å². The number of hydrogen-bond donors (Lipinski definition) is 6. The lowest BCUT2D eigenvalue weighted by Crippen LogP contribution is -2.23. The third-order valence-electron chi connectivity index (χ3n) is 5.30. The van der Waals surface area contributed by atoms with E-state index >= 15 is 0 Å². The second kappa shape index (κ2) is 11.7. The molecular formula is C24H26N4O4. The molecule has 32 heavy (non-hydrogen) atoms. The molecule has 2 atom stereocenters. The van der Waals surface area contributed by atoms with Gasteiger partial charge in [0.1, 0.15) is 0 Å². The van der Waals surface area contributed by atoms with Crippen LogP contribution in [0.4, 0.5) is 0 Å². The average Bonchev–Trinajstić information content (AvgIpc) is 2.87. The summed E-state index contributed by atoms with van der Waals surface area (Å²) in [6.45, 7) is 0. The minimum absolute atomic E-state index is 0.257. The van der Waals surface area contributed by atoms with Gasteiger partial charge in [-0.05, 0) is 22.3 Å². The number of nitrogens with one attached hydrogen (secondary N) is 2. The van der Waals surface area contributed by atoms with E-state index in [2.05, 4.69) is 21.3 Å². The van der Waals surface area contributed by atoms with Crippen LogP contribution in [0.25, 0.3) is 0 Å². The number of hydroxylamine groups is 2. The summed E-state index contributed by atoms with van der Waals surface area (Å²) < 4.78 is 0. The molecule has 0 saturated carbocycles. The molecule has 0 saturated heterocycles. The van der Waals surface area contributed by atoms with Gasteiger partial charge in [-0.2, -0.15) is 11.0 Å². The van der Waals surface area contributed by atoms with Gasteiger partial charge in [0.05, 0.1) is 23.5 Å². The molecule has 0 radical (unpaired) electrons. The zero-order chi connectivity index (χ0) is 22.8. The van der Waals surface area contributed by atoms with Gasteiger partial charge in [-0.25, -0.2) is 0 Å². The molecule has 8 heteroatoms. The summed E-state index contributed by atoms with van der Waals surface area (Å²) in [5, 5.41) is 45.0. The monoisotopic (exact) mass is 434 g/mol. The largest absolute Gasteiger partial charge is 0.411 e. The van der Waals surface area contributed by atoms with Crippen molar-refractivity contribution in [3.63, 3.8) is 0 Å². The highest BCUT2D eigenvalue weighted by Crippen LogP contribution is 2.24. The summed E-state index contributed by atoms with van der Waals surface area (Å²) in [5.41, 5.74) is 8.46. The van der Waals surface area contributed by atoms with Crippen molar-refractivity contribution < 1.29 is 20.8 Å². The van der Waals surface area contributed by atoms with Crippen molar-refractivity contribution in [1.82, 2.24) is 11.0 Å². The quantitative estimate of drug-likeness (QED) is 0.161. The first-order chi connectivity index (χ1) is 15.7. The maximum Gasteiger partial charge on any atom is 0.0887 e. The van der Waals surface area contributed by atoms with Crippen LogP contribution >= 0.6 is 0 Å². The van der Waals surface area contributed by atoms with Crippen molar-refractivity contribution in [1.29, 1.82) is 0 Å². The predicted octanol–water partition coefficient (Wildman–Crippen LogP) is 4.26. The fraction of sp³-hybridized carbons (Fsp3) is 0.167. The van der Waals surface area contributed by atoms with Gasteiger partial charge in [-0.15, -0.1) is 0 Å². The Kier molecular flexibility index (Phi) is 8.47. The lowest BCUT2D eigenvalue weighted by molar-refractivity contribution is 0.127. The molecular weight excluding hydrogens is 408 g/mol. The van der Waals surface area contributed by atoms with Crippen LogP contribution in [0.3, 0.4) is 0 Å². The number of hydrogen-bond acceptors (Lipinski definition) is 8. The van der Waals surface area contributed by atoms with Crippen molar-refractivity contribution in [2.24, 2.45) is 10.3 Å². The minimum Gasteiger partial charge on any atom is -0.411 e. The maximum absolute atomic E-state index is 9.69. The first kappa shape index (κ1) is 23.1. The van der Waals surface area contributed by atoms with Crippen LogP contribution in [0.2, 0.25) is 0 Å². The fourth-order valence-electron chi connectivity index (χ4n) is 3.52. The van der Waals surface area contributed by atoms with Crippen LogP contribution in [-0.4, -0.2) is 32.3 Å². The third-order valence-corrected chi connectivity index (χ3v) is 5.30. The second-order valence-corrected chi connectivity index (χ2v) is 7.26. The molecule has 3 aromatic rings. The summed E-state index contributed by atoms with van der Waals surface area (Å²) in [4.78, 5) is 0. The molecule has 166 valence electrons. The summed E-state index contributed by atoms with van der Waals surface area (Å²) in [6.07, 6.45) is 0.515. The van der Waals surface area contributed by atoms with Gasteiger partial charge in [0, 0.05) is 12.8 Å². The number of rotatable bonds is 10. The maximum atomic E-state index is 9.69. The molecule has 0 heterocycles. The van der Waals surface area contributed by atoms with Gasteiger partial charge < -0.3 is 20.8 Å². The second-order valence-electron chi connectivity index (χ2n) is 7.26. The van der Waals surface area contributed by atoms with Crippen LogP contribution in [0.1, 0.15) is 47.2 Å². The molecule has 3 rings (SSSR count). The average molecular weight is 434 g/mol. The van der Waals surface area contributed by atoms with Crippen LogP contribution in [-0.2, 0) is 0 Å². The zero-order valence-corrected chi connectivity index (χ0v) is 17.3. The van der Waals surface area contributed by atoms with Crippen molar-refractivity contribution in [2.45, 2.75) is 24.9 Å². The van der Waals surface area contributed by atoms with Crippen molar-refractivity contribution in [2.75, 3.05) is 0 Å². The Morgan fingerprint density at radius 1 is 0.594 bits per heavy atom. The van der Waals surface area contributed by atoms with Gasteiger partial charge in [0.15, 0.2) is 0 Å². The molecule has 6 N–H and O–H groups in total. The van der Waals surface area contributed by atoms with Gasteiger partial charge in [-0.1, -0.05) is 95.2 Å². The standard InChI is InChI=1S/C24H26N4O4/c29-25-21(17-7-3-1-4-8-17)15-23(27-31)19-11-13-20(14-12-19)24(28-32)16-22(26-30)18-9-5-2-6-10-18/h1-14,23-24,27-32H,15-16H2/b25-21+,26-22+. The van der Waals surface area contributed by atoms with Crippen LogP contribution in [0.5, 0.6) is 0 Å². The van der Waals surface area contributed by atoms with E-state index in [1.165, 1.54) is 0 Å². The van der Waals surface area contributed by atoms with Crippen LogP contribution in [0, 0.1) is 0 Å². The molecule has 0 spiro atoms. The first-order valence-electron chi connectivity index (χ1n) is 10.1. The van der Waals surface area contributed by atoms with E-state index in [4.69, 9.17) is 0 Å². The number of benzene rings is 3. The Morgan fingerprint density at radius 3 is 1.22 bits per heavy atom. The van der Waals surface area contributed by atoms with E-state index in [0.717, 1.165) is 22.3 Å². The highest BCUT2D eigenvalue weighted by Gasteiger charge is 2.19. The highest BCUT2D eigenvalue weighted by atomic mass is 16.5. The van der Waals surface area contributed by atoms with Gasteiger partial charge in [0.25, 0.3) is 0 Å². The topological polar surface area (TPSA) is 130 Å². The molecule has 0 aliphatic heterocycles. The van der Waals surface area contributed by atoms with Crippen LogP contribution < -0.4 is 11.0 Å². The minimum atomic E-state index is -0.505. The molecule has 0 aliphatic rings. The molecule has 0 bridgehead atoms. The number of oxime groups is 2. The van der Waals surface area contributed by atoms with E-state index in [-0.39, 0.29) is 12.8 Å². The number of nitrogens with zero attached hydrogens (tertiary/aromatic N) is 2. The van der Waals surface area contributed by atoms with Crippen molar-refractivity contribution in [3.8, 4) is 0 Å². The molecule has 0 aliphatic carbocycles. The molecule has 8 nitrogen and oxygen atoms in total. The normalized spacial score (nSPS) is 14.2. The molecule has 0 fully saturated rings. The third kappa shape index (κ3) is 5.77. The molecule has 2 unspecified atom stereocenters. The molecule has 0 amide bonds. The first-order valence-corrected chi connectivity index (χ1v) is 10.1. The van der Waals surface area contributed by atoms with Crippen molar-refractivity contribution in [3.05, 3.63) is 107 Å². The van der Waals surface area contributed by atoms with Crippen LogP contribution in [0.15, 0.2) is 95.2 Å². The zero-order valence-electron chi connectivity index (χ0n) is 17.3. The summed E-state index contributed by atoms with van der Waals surface area (Å²) >= 11 is 0.